The molecule has 2 unspecified atom stereocenters. The minimum absolute atomic E-state index is 0.0251. The van der Waals surface area contributed by atoms with Gasteiger partial charge in [-0.2, -0.15) is 0 Å². The molecule has 0 spiro atoms. The lowest BCUT2D eigenvalue weighted by Gasteiger charge is -2.23. The second-order valence-corrected chi connectivity index (χ2v) is 4.03. The summed E-state index contributed by atoms with van der Waals surface area (Å²) in [7, 11) is 0. The Morgan fingerprint density at radius 1 is 1.05 bits per heavy atom. The van der Waals surface area contributed by atoms with Crippen LogP contribution in [0.5, 0.6) is 0 Å². The summed E-state index contributed by atoms with van der Waals surface area (Å²) in [6.07, 6.45) is -1.34. The second kappa shape index (κ2) is 6.28. The number of benzene rings is 1. The van der Waals surface area contributed by atoms with E-state index in [-0.39, 0.29) is 16.7 Å². The highest BCUT2D eigenvalue weighted by molar-refractivity contribution is 6.01. The standard InChI is InChI=1S/C12H16N2O5/c13-11(18)6-2-1-3-7(12(14)19)10(6)8(4-15)9(17)5-16/h1-3,8-9,15-17H,4-5H2,(H2,13,18)(H2,14,19). The third-order valence-corrected chi connectivity index (χ3v) is 2.86. The Labute approximate surface area is 109 Å². The van der Waals surface area contributed by atoms with E-state index in [2.05, 4.69) is 0 Å². The van der Waals surface area contributed by atoms with Gasteiger partial charge in [0.2, 0.25) is 11.8 Å². The van der Waals surface area contributed by atoms with Crippen molar-refractivity contribution in [2.45, 2.75) is 12.0 Å². The van der Waals surface area contributed by atoms with Crippen molar-refractivity contribution >= 4 is 11.8 Å². The average molecular weight is 268 g/mol. The first-order chi connectivity index (χ1) is 8.93. The lowest BCUT2D eigenvalue weighted by molar-refractivity contribution is 0.0519. The lowest BCUT2D eigenvalue weighted by atomic mass is 9.86. The molecule has 104 valence electrons. The number of carbonyl (C=O) groups excluding carboxylic acids is 2. The van der Waals surface area contributed by atoms with Crippen LogP contribution in [0.15, 0.2) is 18.2 Å². The van der Waals surface area contributed by atoms with Crippen LogP contribution in [0.2, 0.25) is 0 Å². The fraction of sp³-hybridized carbons (Fsp3) is 0.333. The van der Waals surface area contributed by atoms with Crippen molar-refractivity contribution in [1.82, 2.24) is 0 Å². The summed E-state index contributed by atoms with van der Waals surface area (Å²) in [5.74, 6) is -2.67. The van der Waals surface area contributed by atoms with Gasteiger partial charge in [-0.15, -0.1) is 0 Å². The molecule has 0 bridgehead atoms. The van der Waals surface area contributed by atoms with Gasteiger partial charge in [-0.05, 0) is 17.7 Å². The molecule has 0 aliphatic carbocycles. The number of hydrogen-bond donors (Lipinski definition) is 5. The second-order valence-electron chi connectivity index (χ2n) is 4.03. The van der Waals surface area contributed by atoms with Gasteiger partial charge in [0.05, 0.1) is 19.3 Å². The molecule has 0 radical (unpaired) electrons. The van der Waals surface area contributed by atoms with Gasteiger partial charge in [0.25, 0.3) is 0 Å². The van der Waals surface area contributed by atoms with Crippen LogP contribution in [-0.2, 0) is 0 Å². The van der Waals surface area contributed by atoms with E-state index >= 15 is 0 Å². The van der Waals surface area contributed by atoms with Crippen LogP contribution in [0.4, 0.5) is 0 Å². The minimum atomic E-state index is -1.34. The van der Waals surface area contributed by atoms with Gasteiger partial charge in [-0.25, -0.2) is 0 Å². The predicted octanol–water partition coefficient (Wildman–Crippen LogP) is -1.69. The van der Waals surface area contributed by atoms with E-state index in [1.807, 2.05) is 0 Å². The van der Waals surface area contributed by atoms with E-state index in [9.17, 15) is 19.8 Å². The zero-order valence-corrected chi connectivity index (χ0v) is 10.1. The Bertz CT molecular complexity index is 457. The van der Waals surface area contributed by atoms with Gasteiger partial charge in [0.1, 0.15) is 0 Å². The highest BCUT2D eigenvalue weighted by atomic mass is 16.3. The number of hydrogen-bond acceptors (Lipinski definition) is 5. The number of amides is 2. The molecule has 1 aromatic carbocycles. The third-order valence-electron chi connectivity index (χ3n) is 2.86. The van der Waals surface area contributed by atoms with Crippen molar-refractivity contribution in [2.24, 2.45) is 11.5 Å². The Hall–Kier alpha value is -1.96. The SMILES string of the molecule is NC(=O)c1cccc(C(N)=O)c1C(CO)C(O)CO. The van der Waals surface area contributed by atoms with Gasteiger partial charge in [0.15, 0.2) is 0 Å². The molecule has 19 heavy (non-hydrogen) atoms. The molecule has 1 aromatic rings. The summed E-state index contributed by atoms with van der Waals surface area (Å²) in [5, 5.41) is 28.0. The summed E-state index contributed by atoms with van der Waals surface area (Å²) in [5.41, 5.74) is 10.4. The topological polar surface area (TPSA) is 147 Å². The summed E-state index contributed by atoms with van der Waals surface area (Å²) >= 11 is 0. The molecule has 2 amide bonds. The molecule has 0 saturated heterocycles. The van der Waals surface area contributed by atoms with Gasteiger partial charge in [-0.1, -0.05) is 6.07 Å². The Morgan fingerprint density at radius 3 is 1.84 bits per heavy atom. The van der Waals surface area contributed by atoms with Crippen LogP contribution < -0.4 is 11.5 Å². The highest BCUT2D eigenvalue weighted by Crippen LogP contribution is 2.27. The molecular formula is C12H16N2O5. The van der Waals surface area contributed by atoms with E-state index in [4.69, 9.17) is 16.6 Å². The highest BCUT2D eigenvalue weighted by Gasteiger charge is 2.28. The van der Waals surface area contributed by atoms with Gasteiger partial charge in [0, 0.05) is 17.0 Å². The Kier molecular flexibility index (Phi) is 4.99. The van der Waals surface area contributed by atoms with Gasteiger partial charge < -0.3 is 26.8 Å². The molecule has 7 heteroatoms. The first-order valence-corrected chi connectivity index (χ1v) is 5.56. The maximum Gasteiger partial charge on any atom is 0.249 e. The van der Waals surface area contributed by atoms with Crippen molar-refractivity contribution in [1.29, 1.82) is 0 Å². The molecule has 1 rings (SSSR count). The molecule has 2 atom stereocenters. The summed E-state index contributed by atoms with van der Waals surface area (Å²) < 4.78 is 0. The third kappa shape index (κ3) is 3.08. The summed E-state index contributed by atoms with van der Waals surface area (Å²) in [4.78, 5) is 22.7. The largest absolute Gasteiger partial charge is 0.396 e. The molecule has 7 N–H and O–H groups in total. The summed E-state index contributed by atoms with van der Waals surface area (Å²) in [6, 6.07) is 4.14. The fourth-order valence-electron chi connectivity index (χ4n) is 1.93. The monoisotopic (exact) mass is 268 g/mol. The van der Waals surface area contributed by atoms with Crippen LogP contribution in [-0.4, -0.2) is 46.5 Å². The van der Waals surface area contributed by atoms with Crippen LogP contribution in [0.3, 0.4) is 0 Å². The Balaban J connectivity index is 3.51. The molecule has 0 aliphatic heterocycles. The predicted molar refractivity (Wildman–Crippen MR) is 66.4 cm³/mol. The molecule has 0 heterocycles. The smallest absolute Gasteiger partial charge is 0.249 e. The number of carbonyl (C=O) groups is 2. The quantitative estimate of drug-likeness (QED) is 0.418. The van der Waals surface area contributed by atoms with E-state index in [1.165, 1.54) is 18.2 Å². The van der Waals surface area contributed by atoms with Crippen LogP contribution in [0.1, 0.15) is 32.2 Å². The number of primary amides is 2. The van der Waals surface area contributed by atoms with E-state index in [0.29, 0.717) is 0 Å². The normalized spacial score (nSPS) is 13.8. The molecular weight excluding hydrogens is 252 g/mol. The Morgan fingerprint density at radius 2 is 1.53 bits per heavy atom. The lowest BCUT2D eigenvalue weighted by Crippen LogP contribution is -2.31. The fourth-order valence-corrected chi connectivity index (χ4v) is 1.93. The summed E-state index contributed by atoms with van der Waals surface area (Å²) in [6.45, 7) is -1.22. The van der Waals surface area contributed by atoms with Crippen molar-refractivity contribution in [3.63, 3.8) is 0 Å². The van der Waals surface area contributed by atoms with Crippen molar-refractivity contribution in [3.05, 3.63) is 34.9 Å². The number of aliphatic hydroxyl groups excluding tert-OH is 3. The number of nitrogens with two attached hydrogens (primary N) is 2. The van der Waals surface area contributed by atoms with E-state index < -0.39 is 37.0 Å². The van der Waals surface area contributed by atoms with Crippen LogP contribution in [0, 0.1) is 0 Å². The minimum Gasteiger partial charge on any atom is -0.396 e. The van der Waals surface area contributed by atoms with Gasteiger partial charge in [-0.3, -0.25) is 9.59 Å². The number of rotatable bonds is 6. The molecule has 0 aliphatic rings. The van der Waals surface area contributed by atoms with Crippen molar-refractivity contribution in [2.75, 3.05) is 13.2 Å². The van der Waals surface area contributed by atoms with Crippen molar-refractivity contribution in [3.8, 4) is 0 Å². The molecule has 7 nitrogen and oxygen atoms in total. The molecule has 0 saturated carbocycles. The first kappa shape index (κ1) is 15.1. The number of aliphatic hydroxyl groups is 3. The molecule has 0 fully saturated rings. The van der Waals surface area contributed by atoms with Crippen LogP contribution in [0.25, 0.3) is 0 Å². The zero-order valence-electron chi connectivity index (χ0n) is 10.1. The average Bonchev–Trinajstić information content (AvgIpc) is 2.38. The maximum absolute atomic E-state index is 11.4. The molecule has 0 aromatic heterocycles. The van der Waals surface area contributed by atoms with Crippen molar-refractivity contribution < 1.29 is 24.9 Å². The zero-order chi connectivity index (χ0) is 14.6. The maximum atomic E-state index is 11.4. The first-order valence-electron chi connectivity index (χ1n) is 5.56. The van der Waals surface area contributed by atoms with E-state index in [1.54, 1.807) is 0 Å². The van der Waals surface area contributed by atoms with Crippen LogP contribution >= 0.6 is 0 Å². The van der Waals surface area contributed by atoms with E-state index in [0.717, 1.165) is 0 Å². The van der Waals surface area contributed by atoms with Gasteiger partial charge >= 0.3 is 0 Å².